The summed E-state index contributed by atoms with van der Waals surface area (Å²) in [5, 5.41) is 21.1. The molecule has 14 heavy (non-hydrogen) atoms. The maximum Gasteiger partial charge on any atom is 0.354 e. The number of hydrogen-bond acceptors (Lipinski definition) is 5. The van der Waals surface area contributed by atoms with Crippen molar-refractivity contribution in [3.8, 4) is 6.07 Å². The molecule has 2 aromatic heterocycles. The number of fused-ring (bicyclic) bond motifs is 1. The van der Waals surface area contributed by atoms with Gasteiger partial charge in [-0.05, 0) is 0 Å². The van der Waals surface area contributed by atoms with Gasteiger partial charge in [0.2, 0.25) is 0 Å². The van der Waals surface area contributed by atoms with Crippen LogP contribution in [-0.2, 0) is 0 Å². The highest BCUT2D eigenvalue weighted by Gasteiger charge is 2.11. The number of rotatable bonds is 1. The van der Waals surface area contributed by atoms with Gasteiger partial charge in [0.05, 0.1) is 0 Å². The summed E-state index contributed by atoms with van der Waals surface area (Å²) in [6.45, 7) is 0. The molecule has 0 aromatic carbocycles. The van der Waals surface area contributed by atoms with Gasteiger partial charge in [0, 0.05) is 6.07 Å². The first-order valence-corrected chi connectivity index (χ1v) is 3.56. The summed E-state index contributed by atoms with van der Waals surface area (Å²) in [5.74, 6) is -1.10. The van der Waals surface area contributed by atoms with E-state index < -0.39 is 5.97 Å². The summed E-state index contributed by atoms with van der Waals surface area (Å²) < 4.78 is 1.17. The van der Waals surface area contributed by atoms with Crippen molar-refractivity contribution in [2.24, 2.45) is 0 Å². The van der Waals surface area contributed by atoms with Gasteiger partial charge in [0.15, 0.2) is 5.69 Å². The first-order valence-electron chi connectivity index (χ1n) is 3.56. The van der Waals surface area contributed by atoms with Gasteiger partial charge in [-0.1, -0.05) is 0 Å². The summed E-state index contributed by atoms with van der Waals surface area (Å²) in [6.07, 6.45) is 1.20. The molecular weight excluding hydrogens is 186 g/mol. The minimum atomic E-state index is -1.20. The maximum atomic E-state index is 10.6. The van der Waals surface area contributed by atoms with Gasteiger partial charge in [-0.3, -0.25) is 0 Å². The van der Waals surface area contributed by atoms with Crippen molar-refractivity contribution in [1.29, 1.82) is 5.26 Å². The number of carboxylic acids is 1. The monoisotopic (exact) mass is 189 g/mol. The van der Waals surface area contributed by atoms with Gasteiger partial charge in [0.25, 0.3) is 5.78 Å². The van der Waals surface area contributed by atoms with Gasteiger partial charge >= 0.3 is 5.97 Å². The first-order chi connectivity index (χ1) is 6.72. The zero-order valence-electron chi connectivity index (χ0n) is 6.75. The summed E-state index contributed by atoms with van der Waals surface area (Å²) in [4.78, 5) is 18.0. The van der Waals surface area contributed by atoms with Crippen molar-refractivity contribution in [3.05, 3.63) is 23.8 Å². The van der Waals surface area contributed by atoms with E-state index >= 15 is 0 Å². The van der Waals surface area contributed by atoms with E-state index in [2.05, 4.69) is 15.1 Å². The lowest BCUT2D eigenvalue weighted by Crippen LogP contribution is -2.06. The molecule has 0 aliphatic heterocycles. The van der Waals surface area contributed by atoms with Crippen LogP contribution in [0.15, 0.2) is 12.4 Å². The van der Waals surface area contributed by atoms with Crippen LogP contribution >= 0.6 is 0 Å². The van der Waals surface area contributed by atoms with Gasteiger partial charge in [0.1, 0.15) is 18.1 Å². The molecule has 0 amide bonds. The molecule has 2 heterocycles. The second-order valence-electron chi connectivity index (χ2n) is 2.42. The van der Waals surface area contributed by atoms with E-state index in [1.165, 1.54) is 10.8 Å². The molecule has 0 unspecified atom stereocenters. The Kier molecular flexibility index (Phi) is 1.61. The van der Waals surface area contributed by atoms with E-state index in [9.17, 15) is 4.79 Å². The normalized spacial score (nSPS) is 9.93. The molecule has 7 nitrogen and oxygen atoms in total. The lowest BCUT2D eigenvalue weighted by molar-refractivity contribution is 0.0690. The third-order valence-electron chi connectivity index (χ3n) is 1.59. The predicted molar refractivity (Wildman–Crippen MR) is 42.5 cm³/mol. The quantitative estimate of drug-likeness (QED) is 0.659. The van der Waals surface area contributed by atoms with Crippen molar-refractivity contribution >= 4 is 11.7 Å². The largest absolute Gasteiger partial charge is 0.477 e. The van der Waals surface area contributed by atoms with Crippen LogP contribution < -0.4 is 0 Å². The molecule has 2 aromatic rings. The second-order valence-corrected chi connectivity index (χ2v) is 2.42. The number of aromatic carboxylic acids is 1. The molecule has 2 rings (SSSR count). The average molecular weight is 189 g/mol. The lowest BCUT2D eigenvalue weighted by atomic mass is 10.3. The fraction of sp³-hybridized carbons (Fsp3) is 0. The highest BCUT2D eigenvalue weighted by atomic mass is 16.4. The standard InChI is InChI=1S/C7H3N5O2/c8-2-4-1-5(6(13)14)11-7-9-3-10-12(4)7/h1,3H,(H,13,14). The van der Waals surface area contributed by atoms with Crippen molar-refractivity contribution < 1.29 is 9.90 Å². The number of aromatic nitrogens is 4. The molecule has 0 aliphatic rings. The molecule has 0 radical (unpaired) electrons. The van der Waals surface area contributed by atoms with Crippen LogP contribution in [0.1, 0.15) is 16.2 Å². The van der Waals surface area contributed by atoms with E-state index in [0.717, 1.165) is 6.07 Å². The Balaban J connectivity index is 2.82. The van der Waals surface area contributed by atoms with Crippen LogP contribution in [0, 0.1) is 11.3 Å². The van der Waals surface area contributed by atoms with Crippen LogP contribution in [0.2, 0.25) is 0 Å². The van der Waals surface area contributed by atoms with Gasteiger partial charge < -0.3 is 5.11 Å². The number of carboxylic acid groups (broad SMARTS) is 1. The summed E-state index contributed by atoms with van der Waals surface area (Å²) >= 11 is 0. The zero-order valence-corrected chi connectivity index (χ0v) is 6.75. The van der Waals surface area contributed by atoms with Gasteiger partial charge in [-0.15, -0.1) is 0 Å². The Morgan fingerprint density at radius 3 is 3.07 bits per heavy atom. The van der Waals surface area contributed by atoms with Crippen LogP contribution in [0.4, 0.5) is 0 Å². The number of nitriles is 1. The Hall–Kier alpha value is -2.49. The second kappa shape index (κ2) is 2.77. The van der Waals surface area contributed by atoms with Crippen molar-refractivity contribution in [2.75, 3.05) is 0 Å². The summed E-state index contributed by atoms with van der Waals surface area (Å²) in [7, 11) is 0. The summed E-state index contributed by atoms with van der Waals surface area (Å²) in [5.41, 5.74) is -0.132. The maximum absolute atomic E-state index is 10.6. The Bertz CT molecular complexity index is 553. The molecule has 1 N–H and O–H groups in total. The fourth-order valence-electron chi connectivity index (χ4n) is 1.00. The third kappa shape index (κ3) is 1.06. The van der Waals surface area contributed by atoms with E-state index in [4.69, 9.17) is 10.4 Å². The van der Waals surface area contributed by atoms with Crippen LogP contribution in [0.5, 0.6) is 0 Å². The summed E-state index contributed by atoms with van der Waals surface area (Å²) in [6, 6.07) is 2.95. The van der Waals surface area contributed by atoms with Crippen molar-refractivity contribution in [3.63, 3.8) is 0 Å². The molecule has 0 bridgehead atoms. The predicted octanol–water partition coefficient (Wildman–Crippen LogP) is -0.306. The van der Waals surface area contributed by atoms with Gasteiger partial charge in [-0.25, -0.2) is 9.78 Å². The molecule has 0 fully saturated rings. The molecule has 0 spiro atoms. The van der Waals surface area contributed by atoms with E-state index in [1.54, 1.807) is 0 Å². The zero-order chi connectivity index (χ0) is 10.1. The average Bonchev–Trinajstić information content (AvgIpc) is 2.63. The van der Waals surface area contributed by atoms with Crippen molar-refractivity contribution in [1.82, 2.24) is 19.6 Å². The van der Waals surface area contributed by atoms with Crippen molar-refractivity contribution in [2.45, 2.75) is 0 Å². The molecule has 7 heteroatoms. The Labute approximate surface area is 77.3 Å². The van der Waals surface area contributed by atoms with Crippen LogP contribution in [0.3, 0.4) is 0 Å². The third-order valence-corrected chi connectivity index (χ3v) is 1.59. The smallest absolute Gasteiger partial charge is 0.354 e. The number of carbonyl (C=O) groups is 1. The Morgan fingerprint density at radius 2 is 2.43 bits per heavy atom. The molecule has 68 valence electrons. The SMILES string of the molecule is N#Cc1cc(C(=O)O)nc2ncnn12. The first kappa shape index (κ1) is 8.12. The minimum absolute atomic E-state index is 0.0879. The van der Waals surface area contributed by atoms with E-state index in [1.807, 2.05) is 6.07 Å². The van der Waals surface area contributed by atoms with Gasteiger partial charge in [-0.2, -0.15) is 19.9 Å². The molecule has 0 saturated heterocycles. The van der Waals surface area contributed by atoms with Crippen LogP contribution in [0.25, 0.3) is 5.78 Å². The molecule has 0 saturated carbocycles. The fourth-order valence-corrected chi connectivity index (χ4v) is 1.00. The Morgan fingerprint density at radius 1 is 1.64 bits per heavy atom. The van der Waals surface area contributed by atoms with E-state index in [-0.39, 0.29) is 17.2 Å². The van der Waals surface area contributed by atoms with E-state index in [0.29, 0.717) is 0 Å². The number of hydrogen-bond donors (Lipinski definition) is 1. The topological polar surface area (TPSA) is 104 Å². The van der Waals surface area contributed by atoms with Crippen LogP contribution in [-0.4, -0.2) is 30.7 Å². The molecule has 0 aliphatic carbocycles. The molecule has 0 atom stereocenters. The number of nitrogens with zero attached hydrogens (tertiary/aromatic N) is 5. The lowest BCUT2D eigenvalue weighted by Gasteiger charge is -1.96. The highest BCUT2D eigenvalue weighted by molar-refractivity contribution is 5.86. The highest BCUT2D eigenvalue weighted by Crippen LogP contribution is 2.03. The minimum Gasteiger partial charge on any atom is -0.477 e. The molecular formula is C7H3N5O2.